The number of nitrogens with two attached hydrogens (primary N) is 1. The van der Waals surface area contributed by atoms with Crippen molar-refractivity contribution in [3.63, 3.8) is 0 Å². The number of aliphatic imine (C=N–C) groups is 1. The molecule has 2 aliphatic heterocycles. The fourth-order valence-electron chi connectivity index (χ4n) is 3.02. The van der Waals surface area contributed by atoms with Crippen LogP contribution in [0.1, 0.15) is 24.3 Å². The summed E-state index contributed by atoms with van der Waals surface area (Å²) in [7, 11) is 0. The first-order valence-corrected chi connectivity index (χ1v) is 8.60. The number of nitrogen functional groups attached to an aromatic ring is 1. The molecule has 1 atom stereocenters. The molecule has 3 heterocycles. The number of anilines is 1. The summed E-state index contributed by atoms with van der Waals surface area (Å²) >= 11 is 0. The highest BCUT2D eigenvalue weighted by atomic mass is 19.1. The summed E-state index contributed by atoms with van der Waals surface area (Å²) in [6, 6.07) is 7.89. The summed E-state index contributed by atoms with van der Waals surface area (Å²) < 4.78 is 31.2. The van der Waals surface area contributed by atoms with Gasteiger partial charge in [0.15, 0.2) is 11.6 Å². The van der Waals surface area contributed by atoms with Crippen LogP contribution in [0.2, 0.25) is 0 Å². The molecule has 0 aliphatic carbocycles. The van der Waals surface area contributed by atoms with Crippen LogP contribution in [0.15, 0.2) is 34.8 Å². The number of hydrogen-bond acceptors (Lipinski definition) is 8. The lowest BCUT2D eigenvalue weighted by molar-refractivity contribution is 0.194. The minimum absolute atomic E-state index is 0.0702. The SMILES string of the molecule is C[C@H]1Oc2cc(nnc2N)C2=C(C#N)CN=C2OCCOc2ccc(F)cc21. The van der Waals surface area contributed by atoms with Crippen molar-refractivity contribution in [3.05, 3.63) is 46.9 Å². The second kappa shape index (κ2) is 7.15. The van der Waals surface area contributed by atoms with Crippen molar-refractivity contribution >= 4 is 17.3 Å². The number of ether oxygens (including phenoxy) is 3. The number of halogens is 1. The molecule has 8 nitrogen and oxygen atoms in total. The Morgan fingerprint density at radius 3 is 2.82 bits per heavy atom. The average molecular weight is 381 g/mol. The summed E-state index contributed by atoms with van der Waals surface area (Å²) in [6.45, 7) is 2.33. The van der Waals surface area contributed by atoms with Crippen LogP contribution in [0, 0.1) is 17.1 Å². The van der Waals surface area contributed by atoms with Crippen LogP contribution in [0.25, 0.3) is 5.57 Å². The maximum Gasteiger partial charge on any atom is 0.219 e. The zero-order chi connectivity index (χ0) is 19.7. The van der Waals surface area contributed by atoms with E-state index < -0.39 is 11.9 Å². The summed E-state index contributed by atoms with van der Waals surface area (Å²) in [6.07, 6.45) is -0.576. The van der Waals surface area contributed by atoms with E-state index in [4.69, 9.17) is 19.9 Å². The van der Waals surface area contributed by atoms with Crippen molar-refractivity contribution in [2.24, 2.45) is 4.99 Å². The first-order valence-electron chi connectivity index (χ1n) is 8.60. The molecule has 0 spiro atoms. The van der Waals surface area contributed by atoms with Gasteiger partial charge in [-0.2, -0.15) is 5.26 Å². The Bertz CT molecular complexity index is 1040. The number of hydrogen-bond donors (Lipinski definition) is 1. The van der Waals surface area contributed by atoms with Gasteiger partial charge in [-0.25, -0.2) is 9.38 Å². The van der Waals surface area contributed by atoms with Gasteiger partial charge in [-0.15, -0.1) is 10.2 Å². The zero-order valence-electron chi connectivity index (χ0n) is 15.0. The van der Waals surface area contributed by atoms with E-state index in [1.54, 1.807) is 13.0 Å². The van der Waals surface area contributed by atoms with E-state index >= 15 is 0 Å². The van der Waals surface area contributed by atoms with Gasteiger partial charge < -0.3 is 19.9 Å². The average Bonchev–Trinajstić information content (AvgIpc) is 3.10. The van der Waals surface area contributed by atoms with E-state index in [2.05, 4.69) is 21.3 Å². The van der Waals surface area contributed by atoms with Crippen molar-refractivity contribution in [3.8, 4) is 17.6 Å². The topological polar surface area (TPSA) is 116 Å². The molecule has 4 rings (SSSR count). The number of nitriles is 1. The van der Waals surface area contributed by atoms with Crippen molar-refractivity contribution in [1.29, 1.82) is 5.26 Å². The third-order valence-electron chi connectivity index (χ3n) is 4.37. The standard InChI is InChI=1S/C19H16FN5O3/c1-10-13-6-12(20)2-3-15(13)26-4-5-27-19-17(11(8-21)9-23-19)14-7-16(28-10)18(22)25-24-14/h2-3,6-7,10H,4-5,9H2,1H3,(H2,22,25)/t10-/m1/s1. The predicted molar refractivity (Wildman–Crippen MR) is 98.2 cm³/mol. The third kappa shape index (κ3) is 3.20. The minimum atomic E-state index is -0.576. The Hall–Kier alpha value is -3.67. The second-order valence-corrected chi connectivity index (χ2v) is 6.20. The Morgan fingerprint density at radius 1 is 1.18 bits per heavy atom. The molecule has 9 heteroatoms. The summed E-state index contributed by atoms with van der Waals surface area (Å²) in [5.74, 6) is 0.674. The number of fused-ring (bicyclic) bond motifs is 5. The number of nitrogens with zero attached hydrogens (tertiary/aromatic N) is 4. The van der Waals surface area contributed by atoms with Gasteiger partial charge in [-0.1, -0.05) is 0 Å². The van der Waals surface area contributed by atoms with Crippen molar-refractivity contribution in [1.82, 2.24) is 10.2 Å². The molecular formula is C19H16FN5O3. The smallest absolute Gasteiger partial charge is 0.219 e. The van der Waals surface area contributed by atoms with E-state index in [0.717, 1.165) is 0 Å². The van der Waals surface area contributed by atoms with Crippen LogP contribution in [0.3, 0.4) is 0 Å². The van der Waals surface area contributed by atoms with E-state index in [0.29, 0.717) is 28.2 Å². The lowest BCUT2D eigenvalue weighted by atomic mass is 10.1. The van der Waals surface area contributed by atoms with Crippen molar-refractivity contribution < 1.29 is 18.6 Å². The second-order valence-electron chi connectivity index (χ2n) is 6.20. The summed E-state index contributed by atoms with van der Waals surface area (Å²) in [5.41, 5.74) is 7.66. The van der Waals surface area contributed by atoms with E-state index in [-0.39, 0.29) is 37.2 Å². The summed E-state index contributed by atoms with van der Waals surface area (Å²) in [4.78, 5) is 4.26. The predicted octanol–water partition coefficient (Wildman–Crippen LogP) is 2.44. The molecule has 1 aromatic carbocycles. The Kier molecular flexibility index (Phi) is 4.53. The van der Waals surface area contributed by atoms with Gasteiger partial charge in [0.1, 0.15) is 36.6 Å². The molecule has 28 heavy (non-hydrogen) atoms. The maximum atomic E-state index is 13.8. The Balaban J connectivity index is 1.81. The van der Waals surface area contributed by atoms with E-state index in [1.807, 2.05) is 0 Å². The molecule has 0 saturated heterocycles. The monoisotopic (exact) mass is 381 g/mol. The Labute approximate surface area is 160 Å². The van der Waals surface area contributed by atoms with Gasteiger partial charge in [0.2, 0.25) is 5.90 Å². The maximum absolute atomic E-state index is 13.8. The highest BCUT2D eigenvalue weighted by Gasteiger charge is 2.26. The number of benzene rings is 1. The third-order valence-corrected chi connectivity index (χ3v) is 4.37. The van der Waals surface area contributed by atoms with Crippen LogP contribution >= 0.6 is 0 Å². The van der Waals surface area contributed by atoms with Gasteiger partial charge in [0, 0.05) is 11.6 Å². The quantitative estimate of drug-likeness (QED) is 0.745. The van der Waals surface area contributed by atoms with Gasteiger partial charge in [-0.05, 0) is 25.1 Å². The first kappa shape index (κ1) is 17.7. The minimum Gasteiger partial charge on any atom is -0.490 e. The number of rotatable bonds is 0. The molecule has 2 aliphatic rings. The lowest BCUT2D eigenvalue weighted by Gasteiger charge is -2.19. The fraction of sp³-hybridized carbons (Fsp3) is 0.263. The molecule has 0 radical (unpaired) electrons. The van der Waals surface area contributed by atoms with Crippen LogP contribution < -0.4 is 15.2 Å². The van der Waals surface area contributed by atoms with E-state index in [1.165, 1.54) is 18.2 Å². The largest absolute Gasteiger partial charge is 0.490 e. The van der Waals surface area contributed by atoms with Gasteiger partial charge in [-0.3, -0.25) is 0 Å². The van der Waals surface area contributed by atoms with Gasteiger partial charge in [0.25, 0.3) is 0 Å². The molecule has 2 aromatic rings. The van der Waals surface area contributed by atoms with Gasteiger partial charge in [0.05, 0.1) is 23.8 Å². The van der Waals surface area contributed by atoms with Crippen LogP contribution in [-0.4, -0.2) is 35.9 Å². The van der Waals surface area contributed by atoms with Crippen LogP contribution in [0.5, 0.6) is 11.5 Å². The molecule has 142 valence electrons. The Morgan fingerprint density at radius 2 is 2.00 bits per heavy atom. The van der Waals surface area contributed by atoms with Crippen LogP contribution in [0.4, 0.5) is 10.2 Å². The molecule has 0 amide bonds. The van der Waals surface area contributed by atoms with Gasteiger partial charge >= 0.3 is 0 Å². The molecule has 0 fully saturated rings. The van der Waals surface area contributed by atoms with E-state index in [9.17, 15) is 9.65 Å². The number of aromatic nitrogens is 2. The van der Waals surface area contributed by atoms with Crippen molar-refractivity contribution in [2.75, 3.05) is 25.5 Å². The highest BCUT2D eigenvalue weighted by molar-refractivity contribution is 6.22. The zero-order valence-corrected chi connectivity index (χ0v) is 15.0. The fourth-order valence-corrected chi connectivity index (χ4v) is 3.02. The molecule has 2 N–H and O–H groups in total. The lowest BCUT2D eigenvalue weighted by Crippen LogP contribution is -2.14. The first-order chi connectivity index (χ1) is 13.6. The molecular weight excluding hydrogens is 365 g/mol. The van der Waals surface area contributed by atoms with Crippen molar-refractivity contribution in [2.45, 2.75) is 13.0 Å². The normalized spacial score (nSPS) is 18.6. The molecule has 0 unspecified atom stereocenters. The molecule has 0 saturated carbocycles. The highest BCUT2D eigenvalue weighted by Crippen LogP contribution is 2.34. The molecule has 1 aromatic heterocycles. The van der Waals surface area contributed by atoms with Crippen LogP contribution in [-0.2, 0) is 4.74 Å². The molecule has 2 bridgehead atoms. The summed E-state index contributed by atoms with van der Waals surface area (Å²) in [5, 5.41) is 17.4.